The highest BCUT2D eigenvalue weighted by molar-refractivity contribution is 7.55. The summed E-state index contributed by atoms with van der Waals surface area (Å²) in [6.45, 7) is 9.64. The minimum absolute atomic E-state index is 0.0175. The van der Waals surface area contributed by atoms with E-state index in [0.717, 1.165) is 21.3 Å². The summed E-state index contributed by atoms with van der Waals surface area (Å²) in [5.74, 6) is -3.20. The highest BCUT2D eigenvalue weighted by Crippen LogP contribution is 2.61. The third-order valence-electron chi connectivity index (χ3n) is 7.75. The van der Waals surface area contributed by atoms with Gasteiger partial charge in [-0.1, -0.05) is 18.7 Å². The van der Waals surface area contributed by atoms with Crippen LogP contribution in [0.2, 0.25) is 0 Å². The number of hydrogen-bond acceptors (Lipinski definition) is 10. The van der Waals surface area contributed by atoms with E-state index in [9.17, 15) is 18.9 Å². The van der Waals surface area contributed by atoms with Gasteiger partial charge in [-0.3, -0.25) is 18.9 Å². The Morgan fingerprint density at radius 2 is 1.85 bits per heavy atom. The number of nitrogens with zero attached hydrogens (tertiary/aromatic N) is 1. The molecule has 0 bridgehead atoms. The Morgan fingerprint density at radius 1 is 1.17 bits per heavy atom. The fraction of sp³-hybridized carbons (Fsp3) is 0.345. The van der Waals surface area contributed by atoms with Gasteiger partial charge in [0.05, 0.1) is 18.2 Å². The molecule has 11 nitrogen and oxygen atoms in total. The van der Waals surface area contributed by atoms with Crippen molar-refractivity contribution < 1.29 is 41.9 Å². The lowest BCUT2D eigenvalue weighted by Crippen LogP contribution is -2.56. The van der Waals surface area contributed by atoms with Crippen LogP contribution in [0.3, 0.4) is 0 Å². The molecule has 12 heteroatoms. The van der Waals surface area contributed by atoms with Crippen molar-refractivity contribution in [3.05, 3.63) is 65.4 Å². The molecule has 3 heterocycles. The van der Waals surface area contributed by atoms with Gasteiger partial charge in [0, 0.05) is 37.4 Å². The van der Waals surface area contributed by atoms with Gasteiger partial charge in [0.15, 0.2) is 5.66 Å². The molecular weight excluding hydrogens is 551 g/mol. The van der Waals surface area contributed by atoms with Crippen molar-refractivity contribution in [2.75, 3.05) is 33.2 Å². The molecule has 0 saturated carbocycles. The van der Waals surface area contributed by atoms with Gasteiger partial charge >= 0.3 is 19.5 Å². The number of allylic oxidation sites excluding steroid dienone is 1. The summed E-state index contributed by atoms with van der Waals surface area (Å²) in [4.78, 5) is 42.4. The normalized spacial score (nSPS) is 22.0. The summed E-state index contributed by atoms with van der Waals surface area (Å²) in [5, 5.41) is 3.99. The summed E-state index contributed by atoms with van der Waals surface area (Å²) < 4.78 is 41.2. The largest absolute Gasteiger partial charge is 0.469 e. The Kier molecular flexibility index (Phi) is 7.09. The number of carbonyl (C=O) groups is 3. The number of anilines is 1. The fourth-order valence-electron chi connectivity index (χ4n) is 5.73. The van der Waals surface area contributed by atoms with Gasteiger partial charge in [-0.2, -0.15) is 0 Å². The Balaban J connectivity index is 1.89. The Hall–Kier alpha value is -3.92. The fourth-order valence-corrected chi connectivity index (χ4v) is 7.28. The molecule has 0 saturated heterocycles. The lowest BCUT2D eigenvalue weighted by atomic mass is 9.84. The van der Waals surface area contributed by atoms with Crippen molar-refractivity contribution >= 4 is 47.7 Å². The van der Waals surface area contributed by atoms with Gasteiger partial charge < -0.3 is 33.2 Å². The molecule has 1 amide bonds. The van der Waals surface area contributed by atoms with Gasteiger partial charge in [-0.25, -0.2) is 0 Å². The number of methoxy groups -OCH3 is 1. The van der Waals surface area contributed by atoms with Crippen LogP contribution in [0.4, 0.5) is 5.69 Å². The van der Waals surface area contributed by atoms with Crippen LogP contribution in [-0.2, 0) is 33.6 Å². The second-order valence-corrected chi connectivity index (χ2v) is 12.4. The molecule has 0 aliphatic carbocycles. The molecule has 1 aromatic heterocycles. The minimum Gasteiger partial charge on any atom is -0.469 e. The number of esters is 2. The molecule has 5 rings (SSSR count). The smallest absolute Gasteiger partial charge is 0.345 e. The summed E-state index contributed by atoms with van der Waals surface area (Å²) in [5.41, 5.74) is -0.546. The minimum atomic E-state index is -4.23. The zero-order valence-corrected chi connectivity index (χ0v) is 24.5. The standard InChI is InChI=1S/C29H31N2O9P/c1-8-31-26(32)17-11-9-10-12-19(17)30-29(31,4)18-13-16-14-20(15(2)3)39-23(16)21-22(27(33)36-5)25(28(34)40-24(18)21)41(35,37-6)38-7/h9-14,22,25,30H,2,8H2,1,3-7H3/t22-,25+,29?/m0/s1. The van der Waals surface area contributed by atoms with E-state index in [4.69, 9.17) is 22.9 Å². The van der Waals surface area contributed by atoms with Crippen LogP contribution in [0.15, 0.2) is 47.4 Å². The van der Waals surface area contributed by atoms with Gasteiger partial charge in [-0.05, 0) is 50.6 Å². The van der Waals surface area contributed by atoms with Crippen molar-refractivity contribution in [1.82, 2.24) is 4.90 Å². The predicted octanol–water partition coefficient (Wildman–Crippen LogP) is 5.26. The number of para-hydroxylation sites is 1. The van der Waals surface area contributed by atoms with Crippen LogP contribution in [-0.4, -0.2) is 56.3 Å². The van der Waals surface area contributed by atoms with E-state index in [2.05, 4.69) is 11.9 Å². The highest BCUT2D eigenvalue weighted by Gasteiger charge is 2.57. The number of rotatable bonds is 7. The number of benzene rings is 2. The lowest BCUT2D eigenvalue weighted by molar-refractivity contribution is -0.148. The van der Waals surface area contributed by atoms with Crippen molar-refractivity contribution in [3.8, 4) is 5.75 Å². The van der Waals surface area contributed by atoms with E-state index in [-0.39, 0.29) is 22.8 Å². The van der Waals surface area contributed by atoms with E-state index >= 15 is 0 Å². The molecule has 1 N–H and O–H groups in total. The Morgan fingerprint density at radius 3 is 2.46 bits per heavy atom. The van der Waals surface area contributed by atoms with E-state index in [0.29, 0.717) is 40.1 Å². The average molecular weight is 583 g/mol. The molecule has 41 heavy (non-hydrogen) atoms. The maximum absolute atomic E-state index is 13.7. The topological polar surface area (TPSA) is 134 Å². The quantitative estimate of drug-likeness (QED) is 0.223. The van der Waals surface area contributed by atoms with Crippen LogP contribution >= 0.6 is 7.60 Å². The van der Waals surface area contributed by atoms with Crippen molar-refractivity contribution in [2.24, 2.45) is 0 Å². The Bertz CT molecular complexity index is 1650. The highest BCUT2D eigenvalue weighted by atomic mass is 31.2. The van der Waals surface area contributed by atoms with Crippen LogP contribution in [0.1, 0.15) is 53.9 Å². The second kappa shape index (κ2) is 10.2. The lowest BCUT2D eigenvalue weighted by Gasteiger charge is -2.47. The number of hydrogen-bond donors (Lipinski definition) is 1. The van der Waals surface area contributed by atoms with Crippen LogP contribution in [0.5, 0.6) is 5.75 Å². The molecule has 3 atom stereocenters. The predicted molar refractivity (Wildman–Crippen MR) is 151 cm³/mol. The molecule has 0 fully saturated rings. The zero-order valence-electron chi connectivity index (χ0n) is 23.6. The first-order chi connectivity index (χ1) is 19.4. The van der Waals surface area contributed by atoms with E-state index < -0.39 is 36.8 Å². The van der Waals surface area contributed by atoms with Crippen LogP contribution in [0.25, 0.3) is 16.5 Å². The van der Waals surface area contributed by atoms with Crippen LogP contribution < -0.4 is 10.1 Å². The molecule has 1 unspecified atom stereocenters. The van der Waals surface area contributed by atoms with Gasteiger partial charge in [0.25, 0.3) is 5.91 Å². The summed E-state index contributed by atoms with van der Waals surface area (Å²) in [6, 6.07) is 10.6. The first-order valence-corrected chi connectivity index (χ1v) is 14.5. The number of nitrogens with one attached hydrogen (secondary N) is 1. The molecule has 0 radical (unpaired) electrons. The molecule has 2 aromatic carbocycles. The first-order valence-electron chi connectivity index (χ1n) is 12.9. The maximum atomic E-state index is 13.7. The molecule has 216 valence electrons. The molecule has 2 aliphatic rings. The van der Waals surface area contributed by atoms with Crippen molar-refractivity contribution in [2.45, 2.75) is 38.0 Å². The SMILES string of the molecule is C=C(C)c1cc2cc(C3(C)Nc4ccccc4C(=O)N3CC)c3c(c2o1)[C@H](C(=O)OC)[C@@H](P(=O)(OC)OC)C(=O)O3. The van der Waals surface area contributed by atoms with Crippen LogP contribution in [0, 0.1) is 0 Å². The number of carbonyl (C=O) groups excluding carboxylic acids is 3. The maximum Gasteiger partial charge on any atom is 0.345 e. The third-order valence-corrected chi connectivity index (χ3v) is 9.96. The molecule has 3 aromatic rings. The van der Waals surface area contributed by atoms with Crippen molar-refractivity contribution in [1.29, 1.82) is 0 Å². The molecule has 0 spiro atoms. The Labute approximate surface area is 236 Å². The van der Waals surface area contributed by atoms with E-state index in [1.54, 1.807) is 55.1 Å². The molecule has 2 aliphatic heterocycles. The van der Waals surface area contributed by atoms with Gasteiger partial charge in [0.2, 0.25) is 0 Å². The van der Waals surface area contributed by atoms with Crippen molar-refractivity contribution in [3.63, 3.8) is 0 Å². The third kappa shape index (κ3) is 4.18. The van der Waals surface area contributed by atoms with Gasteiger partial charge in [0.1, 0.15) is 28.7 Å². The average Bonchev–Trinajstić information content (AvgIpc) is 3.40. The molecular formula is C29H31N2O9P. The summed E-state index contributed by atoms with van der Waals surface area (Å²) in [6.07, 6.45) is 0. The number of furan rings is 1. The second-order valence-electron chi connectivity index (χ2n) is 10.0. The van der Waals surface area contributed by atoms with E-state index in [1.165, 1.54) is 0 Å². The first kappa shape index (κ1) is 28.6. The zero-order chi connectivity index (χ0) is 29.9. The number of amides is 1. The summed E-state index contributed by atoms with van der Waals surface area (Å²) >= 11 is 0. The number of fused-ring (bicyclic) bond motifs is 4. The summed E-state index contributed by atoms with van der Waals surface area (Å²) in [7, 11) is -0.836. The van der Waals surface area contributed by atoms with Gasteiger partial charge in [-0.15, -0.1) is 0 Å². The monoisotopic (exact) mass is 582 g/mol. The number of ether oxygens (including phenoxy) is 2. The van der Waals surface area contributed by atoms with E-state index in [1.807, 2.05) is 6.92 Å².